The highest BCUT2D eigenvalue weighted by atomic mass is 79.9. The second-order valence-electron chi connectivity index (χ2n) is 4.50. The van der Waals surface area contributed by atoms with E-state index in [0.29, 0.717) is 18.7 Å². The molecule has 108 valence electrons. The molecule has 21 heavy (non-hydrogen) atoms. The lowest BCUT2D eigenvalue weighted by Crippen LogP contribution is -2.24. The first-order valence-corrected chi connectivity index (χ1v) is 7.33. The zero-order valence-electron chi connectivity index (χ0n) is 11.5. The second-order valence-corrected chi connectivity index (χ2v) is 5.62. The van der Waals surface area contributed by atoms with Gasteiger partial charge in [0.1, 0.15) is 12.4 Å². The lowest BCUT2D eigenvalue weighted by atomic mass is 10.2. The Bertz CT molecular complexity index is 608. The molecule has 3 nitrogen and oxygen atoms in total. The number of hydrogen-bond donors (Lipinski definition) is 1. The Balaban J connectivity index is 1.89. The van der Waals surface area contributed by atoms with Crippen LogP contribution in [0.2, 0.25) is 0 Å². The van der Waals surface area contributed by atoms with Crippen LogP contribution in [0.3, 0.4) is 0 Å². The number of nitrogens with one attached hydrogen (secondary N) is 1. The Morgan fingerprint density at radius 3 is 2.38 bits per heavy atom. The van der Waals surface area contributed by atoms with Crippen molar-refractivity contribution < 1.29 is 9.53 Å². The maximum atomic E-state index is 11.8. The van der Waals surface area contributed by atoms with E-state index in [4.69, 9.17) is 4.74 Å². The first-order chi connectivity index (χ1) is 10.1. The number of ether oxygens (including phenoxy) is 1. The van der Waals surface area contributed by atoms with E-state index >= 15 is 0 Å². The van der Waals surface area contributed by atoms with E-state index in [1.807, 2.05) is 30.3 Å². The Morgan fingerprint density at radius 2 is 1.76 bits per heavy atom. The SMILES string of the molecule is C=C(Br)CNC(=O)c1ccc(OCc2ccccc2)cc1. The number of benzene rings is 2. The molecule has 0 aliphatic heterocycles. The molecule has 4 heteroatoms. The average molecular weight is 346 g/mol. The summed E-state index contributed by atoms with van der Waals surface area (Å²) < 4.78 is 6.41. The van der Waals surface area contributed by atoms with E-state index in [2.05, 4.69) is 27.8 Å². The van der Waals surface area contributed by atoms with Crippen molar-refractivity contribution in [3.05, 3.63) is 76.8 Å². The molecule has 0 atom stereocenters. The quantitative estimate of drug-likeness (QED) is 0.861. The molecule has 0 saturated heterocycles. The molecule has 1 N–H and O–H groups in total. The maximum absolute atomic E-state index is 11.8. The third kappa shape index (κ3) is 5.08. The van der Waals surface area contributed by atoms with Crippen LogP contribution in [0.15, 0.2) is 65.7 Å². The molecule has 0 spiro atoms. The highest BCUT2D eigenvalue weighted by molar-refractivity contribution is 9.11. The van der Waals surface area contributed by atoms with Gasteiger partial charge in [-0.3, -0.25) is 4.79 Å². The van der Waals surface area contributed by atoms with E-state index in [0.717, 1.165) is 15.8 Å². The van der Waals surface area contributed by atoms with Gasteiger partial charge in [-0.1, -0.05) is 52.8 Å². The molecule has 0 aliphatic rings. The Hall–Kier alpha value is -2.07. The molecule has 0 saturated carbocycles. The van der Waals surface area contributed by atoms with Gasteiger partial charge in [0.05, 0.1) is 0 Å². The van der Waals surface area contributed by atoms with Crippen LogP contribution in [-0.4, -0.2) is 12.5 Å². The predicted octanol–water partition coefficient (Wildman–Crippen LogP) is 3.90. The van der Waals surface area contributed by atoms with Crippen LogP contribution in [0.4, 0.5) is 0 Å². The molecule has 1 amide bonds. The lowest BCUT2D eigenvalue weighted by Gasteiger charge is -2.08. The standard InChI is InChI=1S/C17H16BrNO2/c1-13(18)11-19-17(20)15-7-9-16(10-8-15)21-12-14-5-3-2-4-6-14/h2-10H,1,11-12H2,(H,19,20). The Labute approximate surface area is 132 Å². The molecule has 2 aromatic rings. The van der Waals surface area contributed by atoms with E-state index in [1.54, 1.807) is 24.3 Å². The van der Waals surface area contributed by atoms with Gasteiger partial charge in [0.2, 0.25) is 0 Å². The third-order valence-corrected chi connectivity index (χ3v) is 3.09. The molecule has 0 aliphatic carbocycles. The summed E-state index contributed by atoms with van der Waals surface area (Å²) in [6, 6.07) is 17.0. The molecule has 0 heterocycles. The number of carbonyl (C=O) groups is 1. The topological polar surface area (TPSA) is 38.3 Å². The number of rotatable bonds is 6. The molecule has 0 unspecified atom stereocenters. The van der Waals surface area contributed by atoms with Crippen LogP contribution in [0.25, 0.3) is 0 Å². The summed E-state index contributed by atoms with van der Waals surface area (Å²) in [5, 5.41) is 2.75. The van der Waals surface area contributed by atoms with Crippen molar-refractivity contribution in [2.75, 3.05) is 6.54 Å². The van der Waals surface area contributed by atoms with Crippen molar-refractivity contribution in [2.45, 2.75) is 6.61 Å². The van der Waals surface area contributed by atoms with E-state index in [9.17, 15) is 4.79 Å². The third-order valence-electron chi connectivity index (χ3n) is 2.81. The normalized spacial score (nSPS) is 9.95. The number of carbonyl (C=O) groups excluding carboxylic acids is 1. The average Bonchev–Trinajstić information content (AvgIpc) is 2.52. The highest BCUT2D eigenvalue weighted by Gasteiger charge is 2.05. The van der Waals surface area contributed by atoms with Gasteiger partial charge in [0, 0.05) is 16.6 Å². The fourth-order valence-corrected chi connectivity index (χ4v) is 1.86. The number of hydrogen-bond acceptors (Lipinski definition) is 2. The molecule has 0 aromatic heterocycles. The summed E-state index contributed by atoms with van der Waals surface area (Å²) in [6.07, 6.45) is 0. The predicted molar refractivity (Wildman–Crippen MR) is 87.6 cm³/mol. The van der Waals surface area contributed by atoms with Crippen molar-refractivity contribution >= 4 is 21.8 Å². The van der Waals surface area contributed by atoms with Gasteiger partial charge in [-0.05, 0) is 29.8 Å². The summed E-state index contributed by atoms with van der Waals surface area (Å²) in [4.78, 5) is 11.8. The van der Waals surface area contributed by atoms with Crippen molar-refractivity contribution in [1.82, 2.24) is 5.32 Å². The smallest absolute Gasteiger partial charge is 0.251 e. The van der Waals surface area contributed by atoms with Crippen LogP contribution in [-0.2, 0) is 6.61 Å². The first kappa shape index (κ1) is 15.3. The van der Waals surface area contributed by atoms with E-state index in [1.165, 1.54) is 0 Å². The second kappa shape index (κ2) is 7.64. The van der Waals surface area contributed by atoms with Gasteiger partial charge in [-0.15, -0.1) is 0 Å². The van der Waals surface area contributed by atoms with E-state index < -0.39 is 0 Å². The molecule has 0 bridgehead atoms. The van der Waals surface area contributed by atoms with Gasteiger partial charge < -0.3 is 10.1 Å². The molecule has 2 aromatic carbocycles. The van der Waals surface area contributed by atoms with Crippen LogP contribution >= 0.6 is 15.9 Å². The van der Waals surface area contributed by atoms with Crippen LogP contribution in [0.5, 0.6) is 5.75 Å². The minimum atomic E-state index is -0.134. The number of amides is 1. The van der Waals surface area contributed by atoms with Crippen LogP contribution < -0.4 is 10.1 Å². The molecule has 0 radical (unpaired) electrons. The maximum Gasteiger partial charge on any atom is 0.251 e. The summed E-state index contributed by atoms with van der Waals surface area (Å²) in [5.74, 6) is 0.602. The molecular weight excluding hydrogens is 330 g/mol. The van der Waals surface area contributed by atoms with Gasteiger partial charge in [0.25, 0.3) is 5.91 Å². The zero-order valence-corrected chi connectivity index (χ0v) is 13.1. The fourth-order valence-electron chi connectivity index (χ4n) is 1.72. The largest absolute Gasteiger partial charge is 0.489 e. The minimum absolute atomic E-state index is 0.134. The summed E-state index contributed by atoms with van der Waals surface area (Å²) >= 11 is 3.20. The van der Waals surface area contributed by atoms with Crippen LogP contribution in [0, 0.1) is 0 Å². The monoisotopic (exact) mass is 345 g/mol. The van der Waals surface area contributed by atoms with Gasteiger partial charge in [-0.2, -0.15) is 0 Å². The van der Waals surface area contributed by atoms with Crippen molar-refractivity contribution in [2.24, 2.45) is 0 Å². The summed E-state index contributed by atoms with van der Waals surface area (Å²) in [7, 11) is 0. The Morgan fingerprint density at radius 1 is 1.10 bits per heavy atom. The zero-order chi connectivity index (χ0) is 15.1. The molecule has 2 rings (SSSR count). The lowest BCUT2D eigenvalue weighted by molar-refractivity contribution is 0.0957. The van der Waals surface area contributed by atoms with Gasteiger partial charge >= 0.3 is 0 Å². The van der Waals surface area contributed by atoms with Crippen molar-refractivity contribution in [3.8, 4) is 5.75 Å². The summed E-state index contributed by atoms with van der Waals surface area (Å²) in [5.41, 5.74) is 1.70. The highest BCUT2D eigenvalue weighted by Crippen LogP contribution is 2.14. The van der Waals surface area contributed by atoms with Gasteiger partial charge in [0.15, 0.2) is 0 Å². The summed E-state index contributed by atoms with van der Waals surface area (Å²) in [6.45, 7) is 4.59. The van der Waals surface area contributed by atoms with Crippen molar-refractivity contribution in [1.29, 1.82) is 0 Å². The fraction of sp³-hybridized carbons (Fsp3) is 0.118. The Kier molecular flexibility index (Phi) is 5.58. The minimum Gasteiger partial charge on any atom is -0.489 e. The number of halogens is 1. The molecule has 0 fully saturated rings. The van der Waals surface area contributed by atoms with E-state index in [-0.39, 0.29) is 5.91 Å². The van der Waals surface area contributed by atoms with Gasteiger partial charge in [-0.25, -0.2) is 0 Å². The van der Waals surface area contributed by atoms with Crippen molar-refractivity contribution in [3.63, 3.8) is 0 Å². The first-order valence-electron chi connectivity index (χ1n) is 6.53. The van der Waals surface area contributed by atoms with Crippen LogP contribution in [0.1, 0.15) is 15.9 Å². The molecular formula is C17H16BrNO2.